The van der Waals surface area contributed by atoms with Gasteiger partial charge in [0, 0.05) is 53.4 Å². The third-order valence-corrected chi connectivity index (χ3v) is 15.0. The van der Waals surface area contributed by atoms with Crippen LogP contribution in [0.25, 0.3) is 101 Å². The van der Waals surface area contributed by atoms with Crippen LogP contribution in [0.3, 0.4) is 0 Å². The summed E-state index contributed by atoms with van der Waals surface area (Å²) in [6, 6.07) is 80.2. The van der Waals surface area contributed by atoms with Crippen LogP contribution in [-0.4, -0.2) is 4.40 Å². The van der Waals surface area contributed by atoms with Gasteiger partial charge in [-0.05, 0) is 93.0 Å². The summed E-state index contributed by atoms with van der Waals surface area (Å²) in [4.78, 5) is 3.69. The minimum atomic E-state index is 1.11. The summed E-state index contributed by atoms with van der Waals surface area (Å²) < 4.78 is 6.46. The maximum absolute atomic E-state index is 2.50. The zero-order valence-corrected chi connectivity index (χ0v) is 35.1. The lowest BCUT2D eigenvalue weighted by Crippen LogP contribution is -2.10. The largest absolute Gasteiger partial charge is 0.310 e. The fraction of sp³-hybridized carbons (Fsp3) is 0. The molecule has 0 amide bonds. The highest BCUT2D eigenvalue weighted by Crippen LogP contribution is 2.48. The smallest absolute Gasteiger partial charge is 0.109 e. The topological polar surface area (TPSA) is 7.65 Å². The number of rotatable bonds is 6. The molecular formula is C58H36N2S2. The van der Waals surface area contributed by atoms with Crippen LogP contribution in [0.4, 0.5) is 17.1 Å². The van der Waals surface area contributed by atoms with Gasteiger partial charge in [0.05, 0.1) is 21.4 Å². The number of thiazole rings is 1. The first-order valence-corrected chi connectivity index (χ1v) is 22.7. The molecule has 0 saturated carbocycles. The predicted octanol–water partition coefficient (Wildman–Crippen LogP) is 17.5. The Labute approximate surface area is 366 Å². The molecule has 0 aliphatic heterocycles. The van der Waals surface area contributed by atoms with Crippen LogP contribution in [-0.2, 0) is 0 Å². The molecule has 0 atom stereocenters. The van der Waals surface area contributed by atoms with Crippen molar-refractivity contribution >= 4 is 107 Å². The molecule has 0 aliphatic rings. The predicted molar refractivity (Wildman–Crippen MR) is 269 cm³/mol. The zero-order chi connectivity index (χ0) is 40.7. The van der Waals surface area contributed by atoms with Crippen molar-refractivity contribution in [3.8, 4) is 33.4 Å². The first-order valence-electron chi connectivity index (χ1n) is 21.1. The molecule has 13 aromatic rings. The average molecular weight is 825 g/mol. The quantitative estimate of drug-likeness (QED) is 0.162. The van der Waals surface area contributed by atoms with Gasteiger partial charge in [-0.25, -0.2) is 0 Å². The lowest BCUT2D eigenvalue weighted by atomic mass is 9.98. The summed E-state index contributed by atoms with van der Waals surface area (Å²) in [5.41, 5.74) is 13.3. The standard InChI is InChI=1S/C58H36N2S2/c1-3-16-44-38(12-1)14-9-20-45(44)40-28-33-43(34-29-40)59(51-24-10-15-39-13-2-4-17-46(39)51)42-31-26-37(27-32-42)41-30-35-55-53(36-41)60-52-23-7-5-19-49(52)56(58(60)62-55)50-22-11-21-48-47-18-6-8-25-54(47)61-57(48)50/h1-36H. The molecule has 62 heavy (non-hydrogen) atoms. The second-order valence-electron chi connectivity index (χ2n) is 16.1. The molecule has 0 radical (unpaired) electrons. The summed E-state index contributed by atoms with van der Waals surface area (Å²) in [6.07, 6.45) is 0. The van der Waals surface area contributed by atoms with E-state index in [2.05, 4.69) is 228 Å². The van der Waals surface area contributed by atoms with Crippen LogP contribution in [0, 0.1) is 0 Å². The lowest BCUT2D eigenvalue weighted by molar-refractivity contribution is 1.30. The van der Waals surface area contributed by atoms with Crippen molar-refractivity contribution in [2.75, 3.05) is 4.90 Å². The second kappa shape index (κ2) is 14.0. The van der Waals surface area contributed by atoms with Crippen molar-refractivity contribution in [3.63, 3.8) is 0 Å². The Kier molecular flexibility index (Phi) is 7.99. The summed E-state index contributed by atoms with van der Waals surface area (Å²) >= 11 is 3.79. The van der Waals surface area contributed by atoms with Gasteiger partial charge >= 0.3 is 0 Å². The van der Waals surface area contributed by atoms with E-state index in [1.54, 1.807) is 0 Å². The summed E-state index contributed by atoms with van der Waals surface area (Å²) in [6.45, 7) is 0. The maximum Gasteiger partial charge on any atom is 0.109 e. The van der Waals surface area contributed by atoms with E-state index in [1.165, 1.54) is 101 Å². The maximum atomic E-state index is 2.50. The molecule has 0 aliphatic carbocycles. The lowest BCUT2D eigenvalue weighted by Gasteiger charge is -2.27. The van der Waals surface area contributed by atoms with Crippen molar-refractivity contribution in [1.82, 2.24) is 4.40 Å². The number of nitrogens with zero attached hydrogens (tertiary/aromatic N) is 2. The van der Waals surface area contributed by atoms with Gasteiger partial charge in [0.1, 0.15) is 4.83 Å². The number of para-hydroxylation sites is 1. The minimum Gasteiger partial charge on any atom is -0.310 e. The van der Waals surface area contributed by atoms with E-state index in [1.807, 2.05) is 22.7 Å². The molecule has 0 spiro atoms. The van der Waals surface area contributed by atoms with Crippen LogP contribution >= 0.6 is 22.7 Å². The van der Waals surface area contributed by atoms with E-state index in [0.717, 1.165) is 17.1 Å². The van der Waals surface area contributed by atoms with Crippen molar-refractivity contribution in [3.05, 3.63) is 218 Å². The van der Waals surface area contributed by atoms with Gasteiger partial charge in [0.25, 0.3) is 0 Å². The van der Waals surface area contributed by atoms with E-state index in [-0.39, 0.29) is 0 Å². The number of hydrogen-bond acceptors (Lipinski definition) is 3. The van der Waals surface area contributed by atoms with Gasteiger partial charge in [-0.2, -0.15) is 0 Å². The monoisotopic (exact) mass is 824 g/mol. The Hall–Kier alpha value is -7.50. The van der Waals surface area contributed by atoms with Gasteiger partial charge in [-0.3, -0.25) is 4.40 Å². The van der Waals surface area contributed by atoms with Gasteiger partial charge < -0.3 is 4.90 Å². The van der Waals surface area contributed by atoms with Gasteiger partial charge in [-0.1, -0.05) is 164 Å². The highest BCUT2D eigenvalue weighted by molar-refractivity contribution is 7.26. The summed E-state index contributed by atoms with van der Waals surface area (Å²) in [5.74, 6) is 0. The van der Waals surface area contributed by atoms with Crippen molar-refractivity contribution < 1.29 is 0 Å². The zero-order valence-electron chi connectivity index (χ0n) is 33.5. The molecule has 4 heteroatoms. The second-order valence-corrected chi connectivity index (χ2v) is 18.1. The number of aromatic nitrogens is 1. The fourth-order valence-corrected chi connectivity index (χ4v) is 12.2. The average Bonchev–Trinajstić information content (AvgIpc) is 4.01. The first-order chi connectivity index (χ1) is 30.7. The Morgan fingerprint density at radius 3 is 1.74 bits per heavy atom. The fourth-order valence-electron chi connectivity index (χ4n) is 9.72. The SMILES string of the molecule is c1ccc2c(-c3ccc(N(c4ccc(-c5ccc6sc7c(-c8cccc9c8sc8ccccc89)c8ccccc8n7c6c5)cc4)c4cccc5ccccc45)cc3)cccc2c1. The Morgan fingerprint density at radius 1 is 0.355 bits per heavy atom. The Bertz CT molecular complexity index is 3860. The molecule has 0 fully saturated rings. The van der Waals surface area contributed by atoms with E-state index in [4.69, 9.17) is 0 Å². The Balaban J connectivity index is 0.924. The first kappa shape index (κ1) is 35.3. The number of benzene rings is 10. The summed E-state index contributed by atoms with van der Waals surface area (Å²) in [5, 5.41) is 8.90. The molecule has 290 valence electrons. The number of anilines is 3. The summed E-state index contributed by atoms with van der Waals surface area (Å²) in [7, 11) is 0. The van der Waals surface area contributed by atoms with Crippen LogP contribution in [0.5, 0.6) is 0 Å². The van der Waals surface area contributed by atoms with Crippen molar-refractivity contribution in [2.45, 2.75) is 0 Å². The number of thiophene rings is 1. The third-order valence-electron chi connectivity index (χ3n) is 12.6. The normalized spacial score (nSPS) is 11.9. The highest BCUT2D eigenvalue weighted by Gasteiger charge is 2.22. The molecule has 2 nitrogen and oxygen atoms in total. The van der Waals surface area contributed by atoms with Crippen molar-refractivity contribution in [1.29, 1.82) is 0 Å². The van der Waals surface area contributed by atoms with E-state index in [9.17, 15) is 0 Å². The van der Waals surface area contributed by atoms with Gasteiger partial charge in [0.15, 0.2) is 0 Å². The molecule has 0 N–H and O–H groups in total. The molecule has 3 heterocycles. The number of hydrogen-bond donors (Lipinski definition) is 0. The van der Waals surface area contributed by atoms with Crippen LogP contribution in [0.2, 0.25) is 0 Å². The molecule has 3 aromatic heterocycles. The van der Waals surface area contributed by atoms with Crippen LogP contribution in [0.15, 0.2) is 218 Å². The van der Waals surface area contributed by atoms with E-state index >= 15 is 0 Å². The highest BCUT2D eigenvalue weighted by atomic mass is 32.1. The molecular weight excluding hydrogens is 789 g/mol. The van der Waals surface area contributed by atoms with Gasteiger partial charge in [-0.15, -0.1) is 22.7 Å². The minimum absolute atomic E-state index is 1.11. The van der Waals surface area contributed by atoms with Crippen LogP contribution in [0.1, 0.15) is 0 Å². The molecule has 0 saturated heterocycles. The Morgan fingerprint density at radius 2 is 0.935 bits per heavy atom. The van der Waals surface area contributed by atoms with Crippen molar-refractivity contribution in [2.24, 2.45) is 0 Å². The van der Waals surface area contributed by atoms with Gasteiger partial charge in [0.2, 0.25) is 0 Å². The van der Waals surface area contributed by atoms with E-state index < -0.39 is 0 Å². The van der Waals surface area contributed by atoms with Crippen LogP contribution < -0.4 is 4.90 Å². The number of fused-ring (bicyclic) bond motifs is 10. The molecule has 0 unspecified atom stereocenters. The molecule has 0 bridgehead atoms. The molecule has 10 aromatic carbocycles. The molecule has 13 rings (SSSR count). The van der Waals surface area contributed by atoms with E-state index in [0.29, 0.717) is 0 Å². The third kappa shape index (κ3) is 5.47.